The van der Waals surface area contributed by atoms with E-state index in [9.17, 15) is 10.0 Å². The molecule has 0 aromatic heterocycles. The third-order valence-electron chi connectivity index (χ3n) is 2.39. The molecule has 0 aromatic rings. The largest absolute Gasteiger partial charge is 0.633 e. The maximum Gasteiger partial charge on any atom is 0.220 e. The van der Waals surface area contributed by atoms with Crippen molar-refractivity contribution >= 4 is 17.7 Å². The van der Waals surface area contributed by atoms with Crippen LogP contribution in [0.15, 0.2) is 0 Å². The van der Waals surface area contributed by atoms with Gasteiger partial charge in [-0.25, -0.2) is 0 Å². The molecule has 0 aliphatic carbocycles. The minimum atomic E-state index is -0.237. The van der Waals surface area contributed by atoms with Crippen LogP contribution in [0.1, 0.15) is 19.3 Å². The van der Waals surface area contributed by atoms with E-state index in [2.05, 4.69) is 10.6 Å². The van der Waals surface area contributed by atoms with E-state index in [4.69, 9.17) is 0 Å². The summed E-state index contributed by atoms with van der Waals surface area (Å²) >= 11 is 1.75. The van der Waals surface area contributed by atoms with Gasteiger partial charge in [-0.2, -0.15) is 11.8 Å². The van der Waals surface area contributed by atoms with Gasteiger partial charge in [0.05, 0.1) is 20.6 Å². The lowest BCUT2D eigenvalue weighted by atomic mass is 10.3. The molecule has 0 bridgehead atoms. The number of hydrogen-bond acceptors (Lipinski definition) is 4. The first-order valence-corrected chi connectivity index (χ1v) is 7.64. The smallest absolute Gasteiger partial charge is 0.220 e. The second-order valence-corrected chi connectivity index (χ2v) is 6.05. The van der Waals surface area contributed by atoms with Crippen LogP contribution in [0.3, 0.4) is 0 Å². The van der Waals surface area contributed by atoms with Gasteiger partial charge in [-0.15, -0.1) is 0 Å². The monoisotopic (exact) mass is 277 g/mol. The van der Waals surface area contributed by atoms with Gasteiger partial charge in [0.25, 0.3) is 0 Å². The molecule has 5 nitrogen and oxygen atoms in total. The number of nitrogens with zero attached hydrogens (tertiary/aromatic N) is 1. The molecule has 0 saturated carbocycles. The van der Waals surface area contributed by atoms with Gasteiger partial charge in [0.1, 0.15) is 0 Å². The molecule has 0 aliphatic rings. The van der Waals surface area contributed by atoms with E-state index >= 15 is 0 Å². The summed E-state index contributed by atoms with van der Waals surface area (Å²) in [6, 6.07) is 0. The molecular formula is C12H27N3O2S. The van der Waals surface area contributed by atoms with Gasteiger partial charge in [-0.3, -0.25) is 4.79 Å². The van der Waals surface area contributed by atoms with E-state index in [1.165, 1.54) is 0 Å². The third kappa shape index (κ3) is 13.8. The van der Waals surface area contributed by atoms with Crippen molar-refractivity contribution in [2.45, 2.75) is 19.3 Å². The van der Waals surface area contributed by atoms with Crippen LogP contribution in [0.4, 0.5) is 0 Å². The van der Waals surface area contributed by atoms with Crippen molar-refractivity contribution < 1.29 is 9.44 Å². The number of thioether (sulfide) groups is 1. The standard InChI is InChI=1S/C12H27N3O2S/c1-13-7-5-8-14-12(16)6-4-10-18-11-9-15(2,3)17/h13H,4-11H2,1-3H3,(H,14,16). The highest BCUT2D eigenvalue weighted by Gasteiger charge is 2.03. The van der Waals surface area contributed by atoms with Gasteiger partial charge in [0, 0.05) is 18.7 Å². The zero-order valence-corrected chi connectivity index (χ0v) is 12.6. The van der Waals surface area contributed by atoms with Crippen LogP contribution in [-0.2, 0) is 4.79 Å². The molecule has 0 heterocycles. The normalized spacial score (nSPS) is 11.6. The molecule has 0 radical (unpaired) electrons. The van der Waals surface area contributed by atoms with Gasteiger partial charge < -0.3 is 20.5 Å². The van der Waals surface area contributed by atoms with Crippen LogP contribution in [-0.4, -0.2) is 62.8 Å². The number of amides is 1. The maximum atomic E-state index is 11.4. The van der Waals surface area contributed by atoms with Crippen LogP contribution >= 0.6 is 11.8 Å². The molecule has 0 saturated heterocycles. The average molecular weight is 277 g/mol. The van der Waals surface area contributed by atoms with E-state index in [0.29, 0.717) is 13.0 Å². The van der Waals surface area contributed by atoms with Gasteiger partial charge >= 0.3 is 0 Å². The quantitative estimate of drug-likeness (QED) is 0.333. The summed E-state index contributed by atoms with van der Waals surface area (Å²) in [4.78, 5) is 11.4. The second kappa shape index (κ2) is 10.6. The molecule has 0 unspecified atom stereocenters. The van der Waals surface area contributed by atoms with E-state index in [-0.39, 0.29) is 10.6 Å². The van der Waals surface area contributed by atoms with Crippen molar-refractivity contribution in [2.75, 3.05) is 52.3 Å². The molecule has 2 N–H and O–H groups in total. The summed E-state index contributed by atoms with van der Waals surface area (Å²) in [6.45, 7) is 2.30. The van der Waals surface area contributed by atoms with Gasteiger partial charge in [0.15, 0.2) is 0 Å². The Kier molecular flexibility index (Phi) is 10.4. The van der Waals surface area contributed by atoms with Crippen molar-refractivity contribution in [1.82, 2.24) is 10.6 Å². The second-order valence-electron chi connectivity index (χ2n) is 4.82. The first-order chi connectivity index (χ1) is 8.45. The van der Waals surface area contributed by atoms with Crippen molar-refractivity contribution in [3.8, 4) is 0 Å². The first-order valence-electron chi connectivity index (χ1n) is 6.49. The summed E-state index contributed by atoms with van der Waals surface area (Å²) in [7, 11) is 5.21. The number of carbonyl (C=O) groups is 1. The van der Waals surface area contributed by atoms with E-state index in [1.807, 2.05) is 7.05 Å². The van der Waals surface area contributed by atoms with Gasteiger partial charge in [0.2, 0.25) is 5.91 Å². The number of hydroxylamine groups is 3. The zero-order chi connectivity index (χ0) is 13.9. The molecule has 0 spiro atoms. The number of nitrogens with one attached hydrogen (secondary N) is 2. The Labute approximate surface area is 115 Å². The molecular weight excluding hydrogens is 250 g/mol. The minimum absolute atomic E-state index is 0.131. The Morgan fingerprint density at radius 2 is 1.94 bits per heavy atom. The fourth-order valence-electron chi connectivity index (χ4n) is 1.30. The fraction of sp³-hybridized carbons (Fsp3) is 0.917. The highest BCUT2D eigenvalue weighted by atomic mass is 32.2. The van der Waals surface area contributed by atoms with Crippen LogP contribution < -0.4 is 10.6 Å². The molecule has 0 atom stereocenters. The lowest BCUT2D eigenvalue weighted by Gasteiger charge is -2.33. The Morgan fingerprint density at radius 3 is 2.56 bits per heavy atom. The molecule has 108 valence electrons. The lowest BCUT2D eigenvalue weighted by molar-refractivity contribution is -0.837. The molecule has 0 aliphatic heterocycles. The maximum absolute atomic E-state index is 11.4. The van der Waals surface area contributed by atoms with Crippen molar-refractivity contribution in [3.05, 3.63) is 5.21 Å². The predicted octanol–water partition coefficient (Wildman–Crippen LogP) is 0.800. The number of quaternary nitrogens is 1. The first kappa shape index (κ1) is 17.7. The van der Waals surface area contributed by atoms with E-state index in [1.54, 1.807) is 25.9 Å². The Hall–Kier alpha value is -0.300. The summed E-state index contributed by atoms with van der Waals surface area (Å²) in [5.74, 6) is 1.94. The fourth-order valence-corrected chi connectivity index (χ4v) is 2.42. The van der Waals surface area contributed by atoms with Crippen molar-refractivity contribution in [2.24, 2.45) is 0 Å². The Bertz CT molecular complexity index is 220. The minimum Gasteiger partial charge on any atom is -0.633 e. The SMILES string of the molecule is CNCCCNC(=O)CCCSCC[N+](C)(C)[O-]. The number of carbonyl (C=O) groups excluding carboxylic acids is 1. The number of hydrogen-bond donors (Lipinski definition) is 2. The molecule has 1 amide bonds. The highest BCUT2D eigenvalue weighted by Crippen LogP contribution is 2.06. The topological polar surface area (TPSA) is 64.2 Å². The van der Waals surface area contributed by atoms with E-state index in [0.717, 1.165) is 37.4 Å². The van der Waals surface area contributed by atoms with E-state index < -0.39 is 0 Å². The van der Waals surface area contributed by atoms with Crippen molar-refractivity contribution in [3.63, 3.8) is 0 Å². The van der Waals surface area contributed by atoms with Gasteiger partial charge in [-0.1, -0.05) is 0 Å². The molecule has 18 heavy (non-hydrogen) atoms. The Balaban J connectivity index is 3.25. The molecule has 6 heteroatoms. The third-order valence-corrected chi connectivity index (χ3v) is 3.44. The van der Waals surface area contributed by atoms with Crippen LogP contribution in [0, 0.1) is 5.21 Å². The lowest BCUT2D eigenvalue weighted by Crippen LogP contribution is -2.34. The Morgan fingerprint density at radius 1 is 1.22 bits per heavy atom. The number of rotatable bonds is 11. The average Bonchev–Trinajstić information content (AvgIpc) is 2.28. The highest BCUT2D eigenvalue weighted by molar-refractivity contribution is 7.99. The zero-order valence-electron chi connectivity index (χ0n) is 11.8. The van der Waals surface area contributed by atoms with Gasteiger partial charge in [-0.05, 0) is 32.2 Å². The molecule has 0 rings (SSSR count). The summed E-state index contributed by atoms with van der Waals surface area (Å²) in [5, 5.41) is 17.2. The van der Waals surface area contributed by atoms with Crippen LogP contribution in [0.25, 0.3) is 0 Å². The summed E-state index contributed by atoms with van der Waals surface area (Å²) in [6.07, 6.45) is 2.44. The van der Waals surface area contributed by atoms with Crippen LogP contribution in [0.2, 0.25) is 0 Å². The summed E-state index contributed by atoms with van der Waals surface area (Å²) in [5.41, 5.74) is 0. The summed E-state index contributed by atoms with van der Waals surface area (Å²) < 4.78 is -0.237. The molecule has 0 aromatic carbocycles. The molecule has 0 fully saturated rings. The van der Waals surface area contributed by atoms with Crippen molar-refractivity contribution in [1.29, 1.82) is 0 Å². The predicted molar refractivity (Wildman–Crippen MR) is 78.5 cm³/mol. The van der Waals surface area contributed by atoms with Crippen LogP contribution in [0.5, 0.6) is 0 Å².